The third-order valence-corrected chi connectivity index (χ3v) is 4.69. The summed E-state index contributed by atoms with van der Waals surface area (Å²) in [5, 5.41) is 5.45. The second kappa shape index (κ2) is 10.8. The quantitative estimate of drug-likeness (QED) is 0.638. The van der Waals surface area contributed by atoms with Crippen molar-refractivity contribution in [3.05, 3.63) is 35.4 Å². The van der Waals surface area contributed by atoms with Gasteiger partial charge in [-0.05, 0) is 38.0 Å². The lowest BCUT2D eigenvalue weighted by atomic mass is 10.0. The fourth-order valence-electron chi connectivity index (χ4n) is 3.50. The molecule has 1 saturated heterocycles. The van der Waals surface area contributed by atoms with Crippen molar-refractivity contribution in [2.24, 2.45) is 0 Å². The van der Waals surface area contributed by atoms with Crippen molar-refractivity contribution >= 4 is 6.03 Å². The topological polar surface area (TPSA) is 62.8 Å². The van der Waals surface area contributed by atoms with Crippen molar-refractivity contribution in [3.8, 4) is 0 Å². The van der Waals surface area contributed by atoms with E-state index in [0.29, 0.717) is 12.1 Å². The molecule has 1 aliphatic heterocycles. The number of alkyl halides is 3. The number of morpholine rings is 1. The van der Waals surface area contributed by atoms with Gasteiger partial charge in [0.1, 0.15) is 0 Å². The Morgan fingerprint density at radius 2 is 2.00 bits per heavy atom. The first-order valence-electron chi connectivity index (χ1n) is 9.77. The summed E-state index contributed by atoms with van der Waals surface area (Å²) in [6, 6.07) is 3.78. The fourth-order valence-corrected chi connectivity index (χ4v) is 3.50. The first-order chi connectivity index (χ1) is 13.7. The maximum Gasteiger partial charge on any atom is 0.416 e. The molecule has 2 amide bonds. The first-order valence-corrected chi connectivity index (χ1v) is 9.77. The van der Waals surface area contributed by atoms with Crippen molar-refractivity contribution in [2.75, 3.05) is 39.9 Å². The highest BCUT2D eigenvalue weighted by Gasteiger charge is 2.31. The maximum absolute atomic E-state index is 12.9. The highest BCUT2D eigenvalue weighted by Crippen LogP contribution is 2.30. The van der Waals surface area contributed by atoms with Gasteiger partial charge in [-0.2, -0.15) is 13.2 Å². The molecule has 164 valence electrons. The van der Waals surface area contributed by atoms with Crippen molar-refractivity contribution < 1.29 is 27.4 Å². The Bertz CT molecular complexity index is 647. The Balaban J connectivity index is 1.82. The number of benzene rings is 1. The van der Waals surface area contributed by atoms with Crippen LogP contribution in [0.15, 0.2) is 24.3 Å². The van der Waals surface area contributed by atoms with Crippen LogP contribution in [0.1, 0.15) is 37.4 Å². The summed E-state index contributed by atoms with van der Waals surface area (Å²) in [6.07, 6.45) is -3.29. The van der Waals surface area contributed by atoms with Crippen LogP contribution in [0, 0.1) is 0 Å². The van der Waals surface area contributed by atoms with E-state index in [1.54, 1.807) is 6.07 Å². The molecule has 9 heteroatoms. The number of nitrogens with one attached hydrogen (secondary N) is 2. The number of urea groups is 1. The summed E-state index contributed by atoms with van der Waals surface area (Å²) in [4.78, 5) is 14.5. The first kappa shape index (κ1) is 23.4. The van der Waals surface area contributed by atoms with Crippen LogP contribution in [0.2, 0.25) is 0 Å². The van der Waals surface area contributed by atoms with Crippen molar-refractivity contribution in [1.82, 2.24) is 15.5 Å². The second-order valence-corrected chi connectivity index (χ2v) is 7.40. The Kier molecular flexibility index (Phi) is 8.73. The molecule has 0 radical (unpaired) electrons. The minimum absolute atomic E-state index is 0.0677. The molecule has 2 N–H and O–H groups in total. The zero-order valence-corrected chi connectivity index (χ0v) is 17.1. The number of carbonyl (C=O) groups excluding carboxylic acids is 1. The minimum atomic E-state index is -4.44. The van der Waals surface area contributed by atoms with Crippen LogP contribution >= 0.6 is 0 Å². The van der Waals surface area contributed by atoms with Crippen LogP contribution in [0.4, 0.5) is 18.0 Å². The van der Waals surface area contributed by atoms with E-state index in [4.69, 9.17) is 9.47 Å². The van der Waals surface area contributed by atoms with Crippen LogP contribution in [0.25, 0.3) is 0 Å². The Morgan fingerprint density at radius 1 is 1.31 bits per heavy atom. The van der Waals surface area contributed by atoms with Crippen LogP contribution in [-0.2, 0) is 15.7 Å². The van der Waals surface area contributed by atoms with Crippen LogP contribution in [-0.4, -0.2) is 63.0 Å². The van der Waals surface area contributed by atoms with E-state index in [-0.39, 0.29) is 18.8 Å². The summed E-state index contributed by atoms with van der Waals surface area (Å²) in [5.41, 5.74) is -0.416. The van der Waals surface area contributed by atoms with E-state index in [2.05, 4.69) is 15.5 Å². The van der Waals surface area contributed by atoms with Gasteiger partial charge in [0.25, 0.3) is 0 Å². The number of nitrogens with zero attached hydrogens (tertiary/aromatic N) is 1. The zero-order chi connectivity index (χ0) is 21.4. The molecular weight excluding hydrogens is 387 g/mol. The molecule has 0 aliphatic carbocycles. The average Bonchev–Trinajstić information content (AvgIpc) is 2.63. The van der Waals surface area contributed by atoms with Gasteiger partial charge < -0.3 is 20.1 Å². The molecule has 0 bridgehead atoms. The van der Waals surface area contributed by atoms with Gasteiger partial charge in [-0.15, -0.1) is 0 Å². The van der Waals surface area contributed by atoms with E-state index in [1.165, 1.54) is 13.2 Å². The minimum Gasteiger partial charge on any atom is -0.382 e. The summed E-state index contributed by atoms with van der Waals surface area (Å²) in [6.45, 7) is 7.18. The van der Waals surface area contributed by atoms with Gasteiger partial charge in [-0.3, -0.25) is 4.90 Å². The normalized spacial score (nSPS) is 21.6. The zero-order valence-electron chi connectivity index (χ0n) is 17.1. The van der Waals surface area contributed by atoms with Gasteiger partial charge in [0, 0.05) is 33.3 Å². The molecule has 0 saturated carbocycles. The molecule has 3 unspecified atom stereocenters. The van der Waals surface area contributed by atoms with Gasteiger partial charge in [0.15, 0.2) is 0 Å². The highest BCUT2D eigenvalue weighted by molar-refractivity contribution is 5.74. The second-order valence-electron chi connectivity index (χ2n) is 7.40. The maximum atomic E-state index is 12.9. The largest absolute Gasteiger partial charge is 0.416 e. The molecule has 1 aliphatic rings. The molecule has 1 fully saturated rings. The fraction of sp³-hybridized carbons (Fsp3) is 0.650. The standard InChI is InChI=1S/C20H30F3N3O3/c1-14-11-26(12-15(2)29-14)9-5-8-24-19(27)25-18(13-28-3)16-6-4-7-17(10-16)20(21,22)23/h4,6-7,10,14-15,18H,5,8-9,11-13H2,1-3H3,(H2,24,25,27). The van der Waals surface area contributed by atoms with Gasteiger partial charge in [0.05, 0.1) is 30.4 Å². The molecule has 1 aromatic carbocycles. The Hall–Kier alpha value is -1.84. The Labute approximate surface area is 169 Å². The molecule has 0 spiro atoms. The summed E-state index contributed by atoms with van der Waals surface area (Å²) in [7, 11) is 1.44. The van der Waals surface area contributed by atoms with E-state index in [0.717, 1.165) is 38.2 Å². The number of rotatable bonds is 8. The number of amides is 2. The van der Waals surface area contributed by atoms with E-state index >= 15 is 0 Å². The van der Waals surface area contributed by atoms with Gasteiger partial charge >= 0.3 is 12.2 Å². The number of carbonyl (C=O) groups is 1. The number of halogens is 3. The SMILES string of the molecule is COCC(NC(=O)NCCCN1CC(C)OC(C)C1)c1cccc(C(F)(F)F)c1. The number of ether oxygens (including phenoxy) is 2. The van der Waals surface area contributed by atoms with Crippen LogP contribution in [0.3, 0.4) is 0 Å². The summed E-state index contributed by atoms with van der Waals surface area (Å²) < 4.78 is 49.6. The van der Waals surface area contributed by atoms with Gasteiger partial charge in [-0.1, -0.05) is 12.1 Å². The lowest BCUT2D eigenvalue weighted by molar-refractivity contribution is -0.137. The van der Waals surface area contributed by atoms with Crippen LogP contribution in [0.5, 0.6) is 0 Å². The smallest absolute Gasteiger partial charge is 0.382 e. The average molecular weight is 417 g/mol. The lowest BCUT2D eigenvalue weighted by Gasteiger charge is -2.35. The predicted octanol–water partition coefficient (Wildman–Crippen LogP) is 3.19. The number of hydrogen-bond donors (Lipinski definition) is 2. The highest BCUT2D eigenvalue weighted by atomic mass is 19.4. The Morgan fingerprint density at radius 3 is 2.62 bits per heavy atom. The summed E-state index contributed by atoms with van der Waals surface area (Å²) >= 11 is 0. The molecule has 0 aromatic heterocycles. The van der Waals surface area contributed by atoms with Gasteiger partial charge in [0.2, 0.25) is 0 Å². The van der Waals surface area contributed by atoms with Crippen molar-refractivity contribution in [1.29, 1.82) is 0 Å². The van der Waals surface area contributed by atoms with E-state index in [9.17, 15) is 18.0 Å². The number of methoxy groups -OCH3 is 1. The monoisotopic (exact) mass is 417 g/mol. The third-order valence-electron chi connectivity index (χ3n) is 4.69. The van der Waals surface area contributed by atoms with Crippen molar-refractivity contribution in [3.63, 3.8) is 0 Å². The van der Waals surface area contributed by atoms with Crippen molar-refractivity contribution in [2.45, 2.75) is 44.7 Å². The third kappa shape index (κ3) is 7.83. The van der Waals surface area contributed by atoms with E-state index in [1.807, 2.05) is 13.8 Å². The van der Waals surface area contributed by atoms with E-state index < -0.39 is 23.8 Å². The lowest BCUT2D eigenvalue weighted by Crippen LogP contribution is -2.46. The molecule has 1 heterocycles. The molecule has 1 aromatic rings. The molecule has 3 atom stereocenters. The molecule has 29 heavy (non-hydrogen) atoms. The van der Waals surface area contributed by atoms with Crippen LogP contribution < -0.4 is 10.6 Å². The molecule has 2 rings (SSSR count). The molecule has 6 nitrogen and oxygen atoms in total. The predicted molar refractivity (Wildman–Crippen MR) is 104 cm³/mol. The molecular formula is C20H30F3N3O3. The van der Waals surface area contributed by atoms with Gasteiger partial charge in [-0.25, -0.2) is 4.79 Å². The summed E-state index contributed by atoms with van der Waals surface area (Å²) in [5.74, 6) is 0. The number of hydrogen-bond acceptors (Lipinski definition) is 4.